The molecular formula is C14H13F3N4O3. The number of benzene rings is 1. The molecule has 2 aromatic rings. The molecule has 1 aromatic heterocycles. The molecule has 0 atom stereocenters. The van der Waals surface area contributed by atoms with Crippen molar-refractivity contribution < 1.29 is 22.9 Å². The van der Waals surface area contributed by atoms with Crippen molar-refractivity contribution >= 4 is 11.6 Å². The fourth-order valence-corrected chi connectivity index (χ4v) is 2.06. The molecule has 24 heavy (non-hydrogen) atoms. The highest BCUT2D eigenvalue weighted by atomic mass is 19.4. The van der Waals surface area contributed by atoms with Crippen LogP contribution in [0, 0.1) is 10.1 Å². The van der Waals surface area contributed by atoms with Crippen LogP contribution in [-0.2, 0) is 0 Å². The number of non-ortho nitro benzene ring substituents is 1. The van der Waals surface area contributed by atoms with Crippen LogP contribution in [0.25, 0.3) is 11.4 Å². The van der Waals surface area contributed by atoms with Crippen molar-refractivity contribution in [2.45, 2.75) is 13.1 Å². The summed E-state index contributed by atoms with van der Waals surface area (Å²) in [6.07, 6.45) is -3.40. The summed E-state index contributed by atoms with van der Waals surface area (Å²) < 4.78 is 37.4. The van der Waals surface area contributed by atoms with Gasteiger partial charge in [0.2, 0.25) is 0 Å². The highest BCUT2D eigenvalue weighted by Gasteiger charge is 2.33. The summed E-state index contributed by atoms with van der Waals surface area (Å²) >= 11 is 0. The van der Waals surface area contributed by atoms with Crippen molar-refractivity contribution in [3.05, 3.63) is 46.3 Å². The van der Waals surface area contributed by atoms with Gasteiger partial charge >= 0.3 is 6.18 Å². The summed E-state index contributed by atoms with van der Waals surface area (Å²) in [5.74, 6) is -0.691. The van der Waals surface area contributed by atoms with E-state index in [4.69, 9.17) is 0 Å². The minimum atomic E-state index is -4.51. The van der Waals surface area contributed by atoms with Crippen molar-refractivity contribution in [1.82, 2.24) is 14.9 Å². The number of carbonyl (C=O) groups excluding carboxylic acids is 1. The lowest BCUT2D eigenvalue weighted by atomic mass is 10.2. The van der Waals surface area contributed by atoms with Gasteiger partial charge in [-0.3, -0.25) is 14.9 Å². The Bertz CT molecular complexity index is 758. The number of hydrogen-bond donors (Lipinski definition) is 1. The zero-order valence-electron chi connectivity index (χ0n) is 12.5. The first kappa shape index (κ1) is 17.4. The Morgan fingerprint density at radius 2 is 2.12 bits per heavy atom. The Labute approximate surface area is 134 Å². The maximum Gasteiger partial charge on any atom is 0.406 e. The Kier molecular flexibility index (Phi) is 4.86. The van der Waals surface area contributed by atoms with E-state index in [1.54, 1.807) is 0 Å². The number of nitrogens with one attached hydrogen (secondary N) is 1. The molecule has 2 rings (SSSR count). The molecule has 1 aromatic carbocycles. The van der Waals surface area contributed by atoms with Crippen LogP contribution in [0.3, 0.4) is 0 Å². The van der Waals surface area contributed by atoms with Crippen LogP contribution in [0.2, 0.25) is 0 Å². The number of nitrogens with zero attached hydrogens (tertiary/aromatic N) is 3. The first-order chi connectivity index (χ1) is 11.2. The summed E-state index contributed by atoms with van der Waals surface area (Å²) in [5.41, 5.74) is 0.0637. The smallest absolute Gasteiger partial charge is 0.334 e. The largest absolute Gasteiger partial charge is 0.406 e. The number of nitro benzene ring substituents is 1. The van der Waals surface area contributed by atoms with Crippen LogP contribution in [0.4, 0.5) is 18.9 Å². The van der Waals surface area contributed by atoms with E-state index in [-0.39, 0.29) is 23.8 Å². The zero-order chi connectivity index (χ0) is 17.9. The summed E-state index contributed by atoms with van der Waals surface area (Å²) in [6, 6.07) is 5.52. The van der Waals surface area contributed by atoms with Gasteiger partial charge < -0.3 is 9.88 Å². The first-order valence-corrected chi connectivity index (χ1v) is 6.87. The van der Waals surface area contributed by atoms with Gasteiger partial charge in [-0.05, 0) is 6.92 Å². The maximum atomic E-state index is 12.5. The van der Waals surface area contributed by atoms with Crippen molar-refractivity contribution in [2.24, 2.45) is 0 Å². The summed E-state index contributed by atoms with van der Waals surface area (Å²) in [4.78, 5) is 29.5. The standard InChI is InChI=1S/C14H13F3N4O3/c1-2-20(8-14(15,16)17)13(22)11-7-18-12(19-11)9-4-3-5-10(6-9)21(23)24/h3-7H,2,8H2,1H3,(H,18,19). The number of aromatic nitrogens is 2. The minimum absolute atomic E-state index is 0.122. The Hall–Kier alpha value is -2.91. The summed E-state index contributed by atoms with van der Waals surface area (Å²) in [6.45, 7) is -0.0571. The van der Waals surface area contributed by atoms with E-state index in [1.807, 2.05) is 0 Å². The van der Waals surface area contributed by atoms with Crippen LogP contribution in [0.15, 0.2) is 30.5 Å². The Morgan fingerprint density at radius 1 is 1.42 bits per heavy atom. The van der Waals surface area contributed by atoms with E-state index >= 15 is 0 Å². The molecule has 0 fully saturated rings. The second-order valence-electron chi connectivity index (χ2n) is 4.89. The molecule has 0 aliphatic rings. The van der Waals surface area contributed by atoms with E-state index < -0.39 is 23.6 Å². The van der Waals surface area contributed by atoms with Crippen LogP contribution < -0.4 is 0 Å². The highest BCUT2D eigenvalue weighted by Crippen LogP contribution is 2.22. The number of hydrogen-bond acceptors (Lipinski definition) is 4. The number of alkyl halides is 3. The van der Waals surface area contributed by atoms with Crippen molar-refractivity contribution in [3.8, 4) is 11.4 Å². The van der Waals surface area contributed by atoms with Crippen LogP contribution in [0.5, 0.6) is 0 Å². The number of nitro groups is 1. The molecule has 1 amide bonds. The monoisotopic (exact) mass is 342 g/mol. The normalized spacial score (nSPS) is 11.3. The van der Waals surface area contributed by atoms with E-state index in [2.05, 4.69) is 9.97 Å². The summed E-state index contributed by atoms with van der Waals surface area (Å²) in [5, 5.41) is 10.8. The van der Waals surface area contributed by atoms with Gasteiger partial charge in [-0.1, -0.05) is 12.1 Å². The average molecular weight is 342 g/mol. The van der Waals surface area contributed by atoms with E-state index in [0.717, 1.165) is 6.20 Å². The molecular weight excluding hydrogens is 329 g/mol. The molecule has 0 saturated heterocycles. The second kappa shape index (κ2) is 6.69. The lowest BCUT2D eigenvalue weighted by Gasteiger charge is -2.21. The number of H-pyrrole nitrogens is 1. The Morgan fingerprint density at radius 3 is 2.71 bits per heavy atom. The molecule has 1 N–H and O–H groups in total. The number of amides is 1. The molecule has 7 nitrogen and oxygen atoms in total. The average Bonchev–Trinajstić information content (AvgIpc) is 3.01. The van der Waals surface area contributed by atoms with Crippen LogP contribution >= 0.6 is 0 Å². The second-order valence-corrected chi connectivity index (χ2v) is 4.89. The molecule has 0 spiro atoms. The lowest BCUT2D eigenvalue weighted by Crippen LogP contribution is -2.38. The van der Waals surface area contributed by atoms with Crippen LogP contribution in [-0.4, -0.2) is 45.0 Å². The number of rotatable bonds is 5. The molecule has 0 aliphatic heterocycles. The molecule has 0 radical (unpaired) electrons. The van der Waals surface area contributed by atoms with Gasteiger partial charge in [-0.15, -0.1) is 0 Å². The third kappa shape index (κ3) is 4.09. The van der Waals surface area contributed by atoms with E-state index in [9.17, 15) is 28.1 Å². The molecule has 10 heteroatoms. The predicted molar refractivity (Wildman–Crippen MR) is 78.3 cm³/mol. The zero-order valence-corrected chi connectivity index (χ0v) is 12.5. The van der Waals surface area contributed by atoms with E-state index in [1.165, 1.54) is 31.2 Å². The van der Waals surface area contributed by atoms with Gasteiger partial charge in [0.25, 0.3) is 11.6 Å². The molecule has 0 aliphatic carbocycles. The topological polar surface area (TPSA) is 92.1 Å². The fraction of sp³-hybridized carbons (Fsp3) is 0.286. The molecule has 0 unspecified atom stereocenters. The maximum absolute atomic E-state index is 12.5. The quantitative estimate of drug-likeness (QED) is 0.668. The van der Waals surface area contributed by atoms with Gasteiger partial charge in [0.15, 0.2) is 0 Å². The fourth-order valence-electron chi connectivity index (χ4n) is 2.06. The van der Waals surface area contributed by atoms with Crippen molar-refractivity contribution in [1.29, 1.82) is 0 Å². The van der Waals surface area contributed by atoms with Gasteiger partial charge in [-0.25, -0.2) is 4.98 Å². The predicted octanol–water partition coefficient (Wildman–Crippen LogP) is 3.01. The number of carbonyl (C=O) groups is 1. The molecule has 1 heterocycles. The third-order valence-electron chi connectivity index (χ3n) is 3.18. The molecule has 0 bridgehead atoms. The Balaban J connectivity index is 2.25. The number of aromatic amines is 1. The van der Waals surface area contributed by atoms with E-state index in [0.29, 0.717) is 10.5 Å². The summed E-state index contributed by atoms with van der Waals surface area (Å²) in [7, 11) is 0. The van der Waals surface area contributed by atoms with Gasteiger partial charge in [0.1, 0.15) is 18.1 Å². The minimum Gasteiger partial charge on any atom is -0.334 e. The third-order valence-corrected chi connectivity index (χ3v) is 3.18. The lowest BCUT2D eigenvalue weighted by molar-refractivity contribution is -0.384. The van der Waals surface area contributed by atoms with Crippen molar-refractivity contribution in [3.63, 3.8) is 0 Å². The van der Waals surface area contributed by atoms with Crippen LogP contribution in [0.1, 0.15) is 17.4 Å². The first-order valence-electron chi connectivity index (χ1n) is 6.87. The van der Waals surface area contributed by atoms with Gasteiger partial charge in [0, 0.05) is 24.2 Å². The molecule has 0 saturated carbocycles. The highest BCUT2D eigenvalue weighted by molar-refractivity contribution is 5.92. The SMILES string of the molecule is CCN(CC(F)(F)F)C(=O)c1cnc(-c2cccc([N+](=O)[O-])c2)[nH]1. The van der Waals surface area contributed by atoms with Crippen molar-refractivity contribution in [2.75, 3.05) is 13.1 Å². The number of imidazole rings is 1. The number of halogens is 3. The molecule has 128 valence electrons. The van der Waals surface area contributed by atoms with Gasteiger partial charge in [-0.2, -0.15) is 13.2 Å². The van der Waals surface area contributed by atoms with Gasteiger partial charge in [0.05, 0.1) is 11.1 Å².